The number of aromatic nitrogens is 4. The van der Waals surface area contributed by atoms with Crippen LogP contribution >= 0.6 is 0 Å². The van der Waals surface area contributed by atoms with E-state index in [1.165, 1.54) is 10.7 Å². The summed E-state index contributed by atoms with van der Waals surface area (Å²) in [6, 6.07) is 12.1. The van der Waals surface area contributed by atoms with Crippen LogP contribution < -0.4 is 5.32 Å². The van der Waals surface area contributed by atoms with Crippen molar-refractivity contribution in [3.05, 3.63) is 71.6 Å². The Balaban J connectivity index is 1.73. The van der Waals surface area contributed by atoms with E-state index < -0.39 is 17.5 Å². The number of halogens is 2. The Morgan fingerprint density at radius 3 is 2.61 bits per heavy atom. The fraction of sp³-hybridized carbons (Fsp3) is 0.0667. The molecule has 1 aromatic heterocycles. The standard InChI is InChI=1S/C15H11F2N5O/c16-12-7-6-10(8-13(12)17)15(23)18-9-14-19-20-21-22(14)11-4-2-1-3-5-11/h1-8H,9H2,(H,18,23). The summed E-state index contributed by atoms with van der Waals surface area (Å²) in [5.41, 5.74) is 0.761. The second-order valence-corrected chi connectivity index (χ2v) is 4.65. The molecule has 23 heavy (non-hydrogen) atoms. The van der Waals surface area contributed by atoms with Gasteiger partial charge < -0.3 is 5.32 Å². The molecule has 0 saturated carbocycles. The minimum absolute atomic E-state index is 0.0163. The van der Waals surface area contributed by atoms with Crippen molar-refractivity contribution in [3.63, 3.8) is 0 Å². The normalized spacial score (nSPS) is 10.5. The fourth-order valence-corrected chi connectivity index (χ4v) is 1.98. The molecule has 0 unspecified atom stereocenters. The number of nitrogens with one attached hydrogen (secondary N) is 1. The van der Waals surface area contributed by atoms with Gasteiger partial charge in [-0.15, -0.1) is 5.10 Å². The largest absolute Gasteiger partial charge is 0.345 e. The molecule has 0 aliphatic carbocycles. The van der Waals surface area contributed by atoms with Gasteiger partial charge in [0.15, 0.2) is 17.5 Å². The first-order valence-electron chi connectivity index (χ1n) is 6.71. The van der Waals surface area contributed by atoms with Crippen molar-refractivity contribution in [3.8, 4) is 5.69 Å². The van der Waals surface area contributed by atoms with Crippen LogP contribution in [0.25, 0.3) is 5.69 Å². The van der Waals surface area contributed by atoms with Crippen LogP contribution in [0, 0.1) is 11.6 Å². The van der Waals surface area contributed by atoms with E-state index in [0.29, 0.717) is 5.82 Å². The zero-order chi connectivity index (χ0) is 16.2. The van der Waals surface area contributed by atoms with Crippen molar-refractivity contribution >= 4 is 5.91 Å². The van der Waals surface area contributed by atoms with Gasteiger partial charge in [0.25, 0.3) is 5.91 Å². The number of carbonyl (C=O) groups is 1. The number of hydrogen-bond acceptors (Lipinski definition) is 4. The van der Waals surface area contributed by atoms with Gasteiger partial charge in [0, 0.05) is 5.56 Å². The maximum Gasteiger partial charge on any atom is 0.251 e. The van der Waals surface area contributed by atoms with Crippen LogP contribution in [0.2, 0.25) is 0 Å². The second kappa shape index (κ2) is 6.30. The first-order valence-corrected chi connectivity index (χ1v) is 6.71. The molecular weight excluding hydrogens is 304 g/mol. The van der Waals surface area contributed by atoms with Crippen LogP contribution in [0.4, 0.5) is 8.78 Å². The van der Waals surface area contributed by atoms with Crippen LogP contribution in [0.3, 0.4) is 0 Å². The van der Waals surface area contributed by atoms with E-state index in [-0.39, 0.29) is 12.1 Å². The van der Waals surface area contributed by atoms with Gasteiger partial charge in [-0.05, 0) is 40.8 Å². The van der Waals surface area contributed by atoms with Crippen LogP contribution in [0.5, 0.6) is 0 Å². The van der Waals surface area contributed by atoms with Gasteiger partial charge >= 0.3 is 0 Å². The third-order valence-electron chi connectivity index (χ3n) is 3.12. The average Bonchev–Trinajstić information content (AvgIpc) is 3.04. The number of nitrogens with zero attached hydrogens (tertiary/aromatic N) is 4. The van der Waals surface area contributed by atoms with Gasteiger partial charge in [-0.2, -0.15) is 4.68 Å². The fourth-order valence-electron chi connectivity index (χ4n) is 1.98. The molecular formula is C15H11F2N5O. The minimum atomic E-state index is -1.08. The summed E-state index contributed by atoms with van der Waals surface area (Å²) in [6.07, 6.45) is 0. The zero-order valence-electron chi connectivity index (χ0n) is 11.8. The molecule has 0 aliphatic rings. The molecule has 1 heterocycles. The highest BCUT2D eigenvalue weighted by atomic mass is 19.2. The lowest BCUT2D eigenvalue weighted by atomic mass is 10.2. The monoisotopic (exact) mass is 315 g/mol. The predicted octanol–water partition coefficient (Wildman–Crippen LogP) is 1.87. The van der Waals surface area contributed by atoms with Crippen molar-refractivity contribution in [1.82, 2.24) is 25.5 Å². The van der Waals surface area contributed by atoms with Crippen molar-refractivity contribution in [2.75, 3.05) is 0 Å². The van der Waals surface area contributed by atoms with Gasteiger partial charge in [0.2, 0.25) is 0 Å². The summed E-state index contributed by atoms with van der Waals surface area (Å²) in [6.45, 7) is 0.0414. The molecule has 1 N–H and O–H groups in total. The summed E-state index contributed by atoms with van der Waals surface area (Å²) < 4.78 is 27.5. The highest BCUT2D eigenvalue weighted by Crippen LogP contribution is 2.10. The number of amides is 1. The molecule has 6 nitrogen and oxygen atoms in total. The lowest BCUT2D eigenvalue weighted by Gasteiger charge is -2.06. The van der Waals surface area contributed by atoms with Gasteiger partial charge in [0.1, 0.15) is 0 Å². The number of benzene rings is 2. The minimum Gasteiger partial charge on any atom is -0.345 e. The van der Waals surface area contributed by atoms with Crippen molar-refractivity contribution < 1.29 is 13.6 Å². The Morgan fingerprint density at radius 2 is 1.87 bits per heavy atom. The van der Waals surface area contributed by atoms with E-state index >= 15 is 0 Å². The smallest absolute Gasteiger partial charge is 0.251 e. The first-order chi connectivity index (χ1) is 11.1. The maximum atomic E-state index is 13.1. The highest BCUT2D eigenvalue weighted by molar-refractivity contribution is 5.94. The lowest BCUT2D eigenvalue weighted by molar-refractivity contribution is 0.0949. The molecule has 3 rings (SSSR count). The van der Waals surface area contributed by atoms with Crippen molar-refractivity contribution in [2.45, 2.75) is 6.54 Å². The molecule has 1 amide bonds. The topological polar surface area (TPSA) is 72.7 Å². The second-order valence-electron chi connectivity index (χ2n) is 4.65. The molecule has 0 fully saturated rings. The summed E-state index contributed by atoms with van der Waals surface area (Å²) in [5.74, 6) is -2.22. The van der Waals surface area contributed by atoms with E-state index in [1.807, 2.05) is 30.3 Å². The molecule has 0 spiro atoms. The third kappa shape index (κ3) is 3.20. The van der Waals surface area contributed by atoms with Crippen LogP contribution in [-0.2, 0) is 6.54 Å². The summed E-state index contributed by atoms with van der Waals surface area (Å²) in [5, 5.41) is 13.8. The Bertz CT molecular complexity index is 835. The van der Waals surface area contributed by atoms with E-state index in [2.05, 4.69) is 20.8 Å². The van der Waals surface area contributed by atoms with E-state index in [4.69, 9.17) is 0 Å². The molecule has 0 atom stereocenters. The van der Waals surface area contributed by atoms with Crippen molar-refractivity contribution in [2.24, 2.45) is 0 Å². The van der Waals surface area contributed by atoms with Gasteiger partial charge in [-0.25, -0.2) is 8.78 Å². The van der Waals surface area contributed by atoms with Crippen molar-refractivity contribution in [1.29, 1.82) is 0 Å². The Morgan fingerprint density at radius 1 is 1.09 bits per heavy atom. The first kappa shape index (κ1) is 14.8. The van der Waals surface area contributed by atoms with Gasteiger partial charge in [-0.3, -0.25) is 4.79 Å². The number of tetrazole rings is 1. The average molecular weight is 315 g/mol. The summed E-state index contributed by atoms with van der Waals surface area (Å²) in [7, 11) is 0. The van der Waals surface area contributed by atoms with E-state index in [9.17, 15) is 13.6 Å². The molecule has 3 aromatic rings. The Kier molecular flexibility index (Phi) is 4.05. The third-order valence-corrected chi connectivity index (χ3v) is 3.12. The van der Waals surface area contributed by atoms with E-state index in [1.54, 1.807) is 0 Å². The molecule has 8 heteroatoms. The zero-order valence-corrected chi connectivity index (χ0v) is 11.8. The molecule has 0 saturated heterocycles. The quantitative estimate of drug-likeness (QED) is 0.798. The van der Waals surface area contributed by atoms with Gasteiger partial charge in [-0.1, -0.05) is 18.2 Å². The van der Waals surface area contributed by atoms with Gasteiger partial charge in [0.05, 0.1) is 12.2 Å². The summed E-state index contributed by atoms with van der Waals surface area (Å²) in [4.78, 5) is 12.0. The van der Waals surface area contributed by atoms with Crippen LogP contribution in [0.15, 0.2) is 48.5 Å². The number of carbonyl (C=O) groups excluding carboxylic acids is 1. The molecule has 116 valence electrons. The van der Waals surface area contributed by atoms with E-state index in [0.717, 1.165) is 17.8 Å². The Labute approximate surface area is 129 Å². The van der Waals surface area contributed by atoms with Crippen LogP contribution in [0.1, 0.15) is 16.2 Å². The highest BCUT2D eigenvalue weighted by Gasteiger charge is 2.12. The number of hydrogen-bond donors (Lipinski definition) is 1. The summed E-state index contributed by atoms with van der Waals surface area (Å²) >= 11 is 0. The molecule has 2 aromatic carbocycles. The molecule has 0 aliphatic heterocycles. The maximum absolute atomic E-state index is 13.1. The predicted molar refractivity (Wildman–Crippen MR) is 76.7 cm³/mol. The number of para-hydroxylation sites is 1. The Hall–Kier alpha value is -3.16. The lowest BCUT2D eigenvalue weighted by Crippen LogP contribution is -2.25. The molecule has 0 bridgehead atoms. The van der Waals surface area contributed by atoms with Crippen LogP contribution in [-0.4, -0.2) is 26.1 Å². The SMILES string of the molecule is O=C(NCc1nnnn1-c1ccccc1)c1ccc(F)c(F)c1. The molecule has 0 radical (unpaired) electrons. The number of rotatable bonds is 4.